The molecule has 0 fully saturated rings. The van der Waals surface area contributed by atoms with E-state index >= 15 is 0 Å². The van der Waals surface area contributed by atoms with Gasteiger partial charge in [0.25, 0.3) is 5.56 Å². The van der Waals surface area contributed by atoms with Gasteiger partial charge in [-0.1, -0.05) is 42.5 Å². The Kier molecular flexibility index (Phi) is 5.12. The molecular formula is C20H18N2O4. The summed E-state index contributed by atoms with van der Waals surface area (Å²) in [6, 6.07) is 16.4. The number of hydrogen-bond acceptors (Lipinski definition) is 5. The normalized spacial score (nSPS) is 10.4. The Bertz CT molecular complexity index is 981. The lowest BCUT2D eigenvalue weighted by Crippen LogP contribution is -2.28. The Hall–Kier alpha value is -3.41. The summed E-state index contributed by atoms with van der Waals surface area (Å²) in [6.07, 6.45) is 1.26. The van der Waals surface area contributed by atoms with Crippen molar-refractivity contribution in [1.29, 1.82) is 0 Å². The number of nitrogens with zero attached hydrogens (tertiary/aromatic N) is 2. The smallest absolute Gasteiger partial charge is 0.345 e. The molecule has 132 valence electrons. The monoisotopic (exact) mass is 350 g/mol. The van der Waals surface area contributed by atoms with Gasteiger partial charge in [-0.3, -0.25) is 9.36 Å². The van der Waals surface area contributed by atoms with Crippen LogP contribution in [0.1, 0.15) is 17.3 Å². The molecule has 0 saturated carbocycles. The Labute approximate surface area is 150 Å². The van der Waals surface area contributed by atoms with Crippen LogP contribution in [0, 0.1) is 0 Å². The molecule has 0 radical (unpaired) electrons. The molecule has 6 nitrogen and oxygen atoms in total. The fourth-order valence-corrected chi connectivity index (χ4v) is 2.63. The number of benzene rings is 2. The third kappa shape index (κ3) is 3.21. The molecule has 0 aliphatic rings. The number of para-hydroxylation sites is 2. The highest BCUT2D eigenvalue weighted by atomic mass is 16.5. The Morgan fingerprint density at radius 2 is 1.77 bits per heavy atom. The fraction of sp³-hybridized carbons (Fsp3) is 0.150. The molecule has 2 aromatic carbocycles. The van der Waals surface area contributed by atoms with Crippen molar-refractivity contribution in [2.24, 2.45) is 0 Å². The highest BCUT2D eigenvalue weighted by molar-refractivity contribution is 5.89. The number of ether oxygens (including phenoxy) is 2. The Morgan fingerprint density at radius 3 is 2.46 bits per heavy atom. The van der Waals surface area contributed by atoms with Crippen LogP contribution < -0.4 is 10.3 Å². The van der Waals surface area contributed by atoms with Crippen LogP contribution in [0.2, 0.25) is 0 Å². The van der Waals surface area contributed by atoms with Gasteiger partial charge >= 0.3 is 5.97 Å². The number of esters is 1. The Morgan fingerprint density at radius 1 is 1.08 bits per heavy atom. The first-order chi connectivity index (χ1) is 12.7. The molecule has 0 N–H and O–H groups in total. The molecule has 0 amide bonds. The third-order valence-electron chi connectivity index (χ3n) is 3.81. The van der Waals surface area contributed by atoms with Gasteiger partial charge in [0.1, 0.15) is 17.1 Å². The minimum absolute atomic E-state index is 0.127. The topological polar surface area (TPSA) is 70.4 Å². The molecule has 0 saturated heterocycles. The maximum absolute atomic E-state index is 13.1. The van der Waals surface area contributed by atoms with Crippen molar-refractivity contribution in [3.05, 3.63) is 76.7 Å². The molecule has 0 aliphatic carbocycles. The van der Waals surface area contributed by atoms with Crippen LogP contribution in [-0.2, 0) is 4.74 Å². The molecule has 3 rings (SSSR count). The number of hydrogen-bond donors (Lipinski definition) is 0. The number of carbonyl (C=O) groups excluding carboxylic acids is 1. The summed E-state index contributed by atoms with van der Waals surface area (Å²) in [4.78, 5) is 29.6. The van der Waals surface area contributed by atoms with E-state index in [1.807, 2.05) is 30.3 Å². The van der Waals surface area contributed by atoms with Gasteiger partial charge in [0.15, 0.2) is 0 Å². The SMILES string of the molecule is CCOC(=O)c1cnc(-c2ccccc2)n(-c2ccccc2OC)c1=O. The highest BCUT2D eigenvalue weighted by Crippen LogP contribution is 2.26. The van der Waals surface area contributed by atoms with Crippen LogP contribution >= 0.6 is 0 Å². The van der Waals surface area contributed by atoms with Gasteiger partial charge in [-0.05, 0) is 19.1 Å². The van der Waals surface area contributed by atoms with Crippen molar-refractivity contribution in [2.45, 2.75) is 6.92 Å². The lowest BCUT2D eigenvalue weighted by Gasteiger charge is -2.16. The molecule has 3 aromatic rings. The minimum Gasteiger partial charge on any atom is -0.495 e. The van der Waals surface area contributed by atoms with Crippen LogP contribution in [0.25, 0.3) is 17.1 Å². The number of carbonyl (C=O) groups is 1. The number of aromatic nitrogens is 2. The van der Waals surface area contributed by atoms with Crippen LogP contribution in [0.5, 0.6) is 5.75 Å². The summed E-state index contributed by atoms with van der Waals surface area (Å²) in [5.74, 6) is 0.205. The maximum atomic E-state index is 13.1. The second-order valence-electron chi connectivity index (χ2n) is 5.39. The van der Waals surface area contributed by atoms with E-state index in [0.717, 1.165) is 5.56 Å². The summed E-state index contributed by atoms with van der Waals surface area (Å²) < 4.78 is 11.7. The van der Waals surface area contributed by atoms with Gasteiger partial charge in [0.2, 0.25) is 0 Å². The van der Waals surface area contributed by atoms with Crippen molar-refractivity contribution < 1.29 is 14.3 Å². The molecular weight excluding hydrogens is 332 g/mol. The lowest BCUT2D eigenvalue weighted by atomic mass is 10.2. The van der Waals surface area contributed by atoms with E-state index < -0.39 is 11.5 Å². The predicted octanol–water partition coefficient (Wildman–Crippen LogP) is 3.08. The van der Waals surface area contributed by atoms with Crippen molar-refractivity contribution >= 4 is 5.97 Å². The zero-order valence-corrected chi connectivity index (χ0v) is 14.5. The fourth-order valence-electron chi connectivity index (χ4n) is 2.63. The molecule has 6 heteroatoms. The molecule has 0 atom stereocenters. The maximum Gasteiger partial charge on any atom is 0.345 e. The summed E-state index contributed by atoms with van der Waals surface area (Å²) in [5, 5.41) is 0. The second kappa shape index (κ2) is 7.65. The van der Waals surface area contributed by atoms with E-state index in [0.29, 0.717) is 17.3 Å². The van der Waals surface area contributed by atoms with Crippen molar-refractivity contribution in [3.63, 3.8) is 0 Å². The van der Waals surface area contributed by atoms with Gasteiger partial charge < -0.3 is 9.47 Å². The first kappa shape index (κ1) is 17.4. The van der Waals surface area contributed by atoms with E-state index in [-0.39, 0.29) is 12.2 Å². The van der Waals surface area contributed by atoms with E-state index in [1.165, 1.54) is 17.9 Å². The van der Waals surface area contributed by atoms with Crippen LogP contribution in [0.3, 0.4) is 0 Å². The van der Waals surface area contributed by atoms with Gasteiger partial charge in [-0.2, -0.15) is 0 Å². The van der Waals surface area contributed by atoms with Crippen LogP contribution in [-0.4, -0.2) is 29.2 Å². The summed E-state index contributed by atoms with van der Waals surface area (Å²) in [7, 11) is 1.52. The van der Waals surface area contributed by atoms with Crippen LogP contribution in [0.4, 0.5) is 0 Å². The van der Waals surface area contributed by atoms with E-state index in [1.54, 1.807) is 31.2 Å². The molecule has 1 heterocycles. The quantitative estimate of drug-likeness (QED) is 0.661. The largest absolute Gasteiger partial charge is 0.495 e. The van der Waals surface area contributed by atoms with Crippen molar-refractivity contribution in [1.82, 2.24) is 9.55 Å². The molecule has 1 aromatic heterocycles. The minimum atomic E-state index is -0.701. The summed E-state index contributed by atoms with van der Waals surface area (Å²) in [5.41, 5.74) is 0.600. The predicted molar refractivity (Wildman–Crippen MR) is 97.8 cm³/mol. The average Bonchev–Trinajstić information content (AvgIpc) is 2.68. The first-order valence-electron chi connectivity index (χ1n) is 8.15. The molecule has 0 spiro atoms. The van der Waals surface area contributed by atoms with E-state index in [2.05, 4.69) is 4.98 Å². The first-order valence-corrected chi connectivity index (χ1v) is 8.15. The second-order valence-corrected chi connectivity index (χ2v) is 5.39. The van der Waals surface area contributed by atoms with Gasteiger partial charge in [0, 0.05) is 11.8 Å². The van der Waals surface area contributed by atoms with Gasteiger partial charge in [0.05, 0.1) is 19.4 Å². The van der Waals surface area contributed by atoms with Crippen molar-refractivity contribution in [3.8, 4) is 22.8 Å². The lowest BCUT2D eigenvalue weighted by molar-refractivity contribution is 0.0523. The summed E-state index contributed by atoms with van der Waals surface area (Å²) >= 11 is 0. The van der Waals surface area contributed by atoms with Crippen LogP contribution in [0.15, 0.2) is 65.6 Å². The average molecular weight is 350 g/mol. The molecule has 0 aliphatic heterocycles. The highest BCUT2D eigenvalue weighted by Gasteiger charge is 2.20. The van der Waals surface area contributed by atoms with E-state index in [4.69, 9.17) is 9.47 Å². The molecule has 0 bridgehead atoms. The van der Waals surface area contributed by atoms with Gasteiger partial charge in [-0.25, -0.2) is 9.78 Å². The van der Waals surface area contributed by atoms with E-state index in [9.17, 15) is 9.59 Å². The summed E-state index contributed by atoms with van der Waals surface area (Å²) in [6.45, 7) is 1.86. The zero-order chi connectivity index (χ0) is 18.5. The Balaban J connectivity index is 2.32. The standard InChI is InChI=1S/C20H18N2O4/c1-3-26-20(24)15-13-21-18(14-9-5-4-6-10-14)22(19(15)23)16-11-7-8-12-17(16)25-2/h4-13H,3H2,1-2H3. The zero-order valence-electron chi connectivity index (χ0n) is 14.5. The molecule has 26 heavy (non-hydrogen) atoms. The number of rotatable bonds is 5. The third-order valence-corrected chi connectivity index (χ3v) is 3.81. The van der Waals surface area contributed by atoms with Crippen molar-refractivity contribution in [2.75, 3.05) is 13.7 Å². The van der Waals surface area contributed by atoms with Gasteiger partial charge in [-0.15, -0.1) is 0 Å². The number of methoxy groups -OCH3 is 1. The molecule has 0 unspecified atom stereocenters.